The minimum atomic E-state index is -0.403. The lowest BCUT2D eigenvalue weighted by atomic mass is 10.1. The number of anilines is 1. The molecule has 0 saturated carbocycles. The zero-order valence-electron chi connectivity index (χ0n) is 12.3. The maximum atomic E-state index is 11.2. The van der Waals surface area contributed by atoms with Crippen LogP contribution in [-0.4, -0.2) is 19.7 Å². The summed E-state index contributed by atoms with van der Waals surface area (Å²) >= 11 is 0. The number of hydrogen-bond acceptors (Lipinski definition) is 5. The molecule has 7 heteroatoms. The lowest BCUT2D eigenvalue weighted by Crippen LogP contribution is -2.06. The van der Waals surface area contributed by atoms with Crippen LogP contribution in [0.1, 0.15) is 11.4 Å². The number of fused-ring (bicyclic) bond motifs is 1. The molecule has 0 aliphatic carbocycles. The first-order valence-electron chi connectivity index (χ1n) is 6.82. The molecule has 1 aromatic carbocycles. The van der Waals surface area contributed by atoms with E-state index in [1.54, 1.807) is 16.9 Å². The van der Waals surface area contributed by atoms with Crippen LogP contribution in [-0.2, 0) is 13.6 Å². The minimum absolute atomic E-state index is 0.0183. The number of para-hydroxylation sites is 1. The van der Waals surface area contributed by atoms with Gasteiger partial charge in [-0.1, -0.05) is 12.1 Å². The molecule has 1 N–H and O–H groups in total. The molecule has 0 aliphatic heterocycles. The predicted molar refractivity (Wildman–Crippen MR) is 83.7 cm³/mol. The molecule has 3 aromatic rings. The number of rotatable bonds is 4. The van der Waals surface area contributed by atoms with Gasteiger partial charge in [0.15, 0.2) is 5.52 Å². The van der Waals surface area contributed by atoms with E-state index in [9.17, 15) is 10.1 Å². The molecule has 112 valence electrons. The fourth-order valence-electron chi connectivity index (χ4n) is 2.42. The zero-order valence-corrected chi connectivity index (χ0v) is 12.3. The van der Waals surface area contributed by atoms with E-state index in [1.165, 1.54) is 6.07 Å². The molecule has 0 amide bonds. The van der Waals surface area contributed by atoms with Gasteiger partial charge in [-0.3, -0.25) is 14.8 Å². The van der Waals surface area contributed by atoms with Crippen molar-refractivity contribution < 1.29 is 4.92 Å². The van der Waals surface area contributed by atoms with Gasteiger partial charge in [-0.05, 0) is 19.1 Å². The van der Waals surface area contributed by atoms with E-state index in [0.29, 0.717) is 12.1 Å². The van der Waals surface area contributed by atoms with Crippen molar-refractivity contribution in [2.75, 3.05) is 5.32 Å². The Morgan fingerprint density at radius 3 is 2.86 bits per heavy atom. The van der Waals surface area contributed by atoms with Crippen molar-refractivity contribution in [3.8, 4) is 0 Å². The van der Waals surface area contributed by atoms with E-state index < -0.39 is 4.92 Å². The molecule has 0 atom stereocenters. The zero-order chi connectivity index (χ0) is 15.7. The quantitative estimate of drug-likeness (QED) is 0.591. The summed E-state index contributed by atoms with van der Waals surface area (Å²) in [5, 5.41) is 19.3. The van der Waals surface area contributed by atoms with Gasteiger partial charge in [0.1, 0.15) is 0 Å². The average molecular weight is 297 g/mol. The number of nitrogens with zero attached hydrogens (tertiary/aromatic N) is 4. The van der Waals surface area contributed by atoms with Crippen molar-refractivity contribution in [3.63, 3.8) is 0 Å². The Hall–Kier alpha value is -2.96. The van der Waals surface area contributed by atoms with Gasteiger partial charge in [-0.25, -0.2) is 4.98 Å². The molecule has 0 fully saturated rings. The summed E-state index contributed by atoms with van der Waals surface area (Å²) < 4.78 is 1.78. The van der Waals surface area contributed by atoms with E-state index >= 15 is 0 Å². The molecule has 7 nitrogen and oxygen atoms in total. The molecule has 0 saturated heterocycles. The maximum absolute atomic E-state index is 11.2. The first-order valence-corrected chi connectivity index (χ1v) is 6.82. The Kier molecular flexibility index (Phi) is 3.46. The van der Waals surface area contributed by atoms with Crippen LogP contribution in [0.5, 0.6) is 0 Å². The van der Waals surface area contributed by atoms with Crippen LogP contribution in [0, 0.1) is 17.0 Å². The smallest absolute Gasteiger partial charge is 0.295 e. The summed E-state index contributed by atoms with van der Waals surface area (Å²) in [5.41, 5.74) is 3.00. The van der Waals surface area contributed by atoms with E-state index in [2.05, 4.69) is 15.4 Å². The van der Waals surface area contributed by atoms with Gasteiger partial charge >= 0.3 is 0 Å². The van der Waals surface area contributed by atoms with Crippen molar-refractivity contribution in [2.24, 2.45) is 7.05 Å². The van der Waals surface area contributed by atoms with Crippen LogP contribution < -0.4 is 5.32 Å². The topological polar surface area (TPSA) is 85.9 Å². The van der Waals surface area contributed by atoms with Crippen LogP contribution in [0.3, 0.4) is 0 Å². The minimum Gasteiger partial charge on any atom is -0.379 e. The molecule has 2 heterocycles. The molecule has 2 aromatic heterocycles. The highest BCUT2D eigenvalue weighted by atomic mass is 16.6. The van der Waals surface area contributed by atoms with E-state index in [-0.39, 0.29) is 5.69 Å². The number of hydrogen-bond donors (Lipinski definition) is 1. The molecular formula is C15H15N5O2. The summed E-state index contributed by atoms with van der Waals surface area (Å²) in [6, 6.07) is 8.79. The third kappa shape index (κ3) is 2.48. The first-order chi connectivity index (χ1) is 10.6. The van der Waals surface area contributed by atoms with Gasteiger partial charge in [-0.15, -0.1) is 0 Å². The molecular weight excluding hydrogens is 282 g/mol. The molecule has 0 bridgehead atoms. The normalized spacial score (nSPS) is 10.8. The Morgan fingerprint density at radius 1 is 1.36 bits per heavy atom. The number of pyridine rings is 1. The van der Waals surface area contributed by atoms with Crippen molar-refractivity contribution >= 4 is 22.3 Å². The summed E-state index contributed by atoms with van der Waals surface area (Å²) in [6.45, 7) is 2.41. The molecule has 3 rings (SSSR count). The van der Waals surface area contributed by atoms with Gasteiger partial charge < -0.3 is 5.32 Å². The highest BCUT2D eigenvalue weighted by Gasteiger charge is 2.15. The summed E-state index contributed by atoms with van der Waals surface area (Å²) in [5.74, 6) is 0. The molecule has 0 spiro atoms. The molecule has 0 radical (unpaired) electrons. The van der Waals surface area contributed by atoms with Crippen molar-refractivity contribution in [2.45, 2.75) is 13.5 Å². The summed E-state index contributed by atoms with van der Waals surface area (Å²) in [6.07, 6.45) is 1.73. The predicted octanol–water partition coefficient (Wildman–Crippen LogP) is 2.80. The van der Waals surface area contributed by atoms with Crippen LogP contribution >= 0.6 is 0 Å². The van der Waals surface area contributed by atoms with Gasteiger partial charge in [0.25, 0.3) is 5.69 Å². The SMILES string of the molecule is Cc1cc(NCc2ccnn2C)c2cccc([N+](=O)[O-])c2n1. The van der Waals surface area contributed by atoms with Crippen LogP contribution in [0.25, 0.3) is 10.9 Å². The monoisotopic (exact) mass is 297 g/mol. The Morgan fingerprint density at radius 2 is 2.18 bits per heavy atom. The Bertz CT molecular complexity index is 856. The highest BCUT2D eigenvalue weighted by molar-refractivity contribution is 5.96. The second kappa shape index (κ2) is 5.44. The molecule has 22 heavy (non-hydrogen) atoms. The number of aryl methyl sites for hydroxylation is 2. The second-order valence-corrected chi connectivity index (χ2v) is 5.04. The summed E-state index contributed by atoms with van der Waals surface area (Å²) in [4.78, 5) is 15.1. The number of benzene rings is 1. The lowest BCUT2D eigenvalue weighted by Gasteiger charge is -2.11. The Balaban J connectivity index is 2.04. The van der Waals surface area contributed by atoms with Crippen LogP contribution in [0.15, 0.2) is 36.5 Å². The van der Waals surface area contributed by atoms with Crippen LogP contribution in [0.4, 0.5) is 11.4 Å². The van der Waals surface area contributed by atoms with Gasteiger partial charge in [-0.2, -0.15) is 5.10 Å². The fourth-order valence-corrected chi connectivity index (χ4v) is 2.42. The third-order valence-electron chi connectivity index (χ3n) is 3.53. The molecule has 0 unspecified atom stereocenters. The van der Waals surface area contributed by atoms with Crippen molar-refractivity contribution in [1.82, 2.24) is 14.8 Å². The maximum Gasteiger partial charge on any atom is 0.295 e. The number of nitro benzene ring substituents is 1. The molecule has 0 aliphatic rings. The number of non-ortho nitro benzene ring substituents is 1. The van der Waals surface area contributed by atoms with E-state index in [1.807, 2.05) is 32.2 Å². The highest BCUT2D eigenvalue weighted by Crippen LogP contribution is 2.30. The Labute approximate surface area is 126 Å². The van der Waals surface area contributed by atoms with E-state index in [0.717, 1.165) is 22.5 Å². The number of aromatic nitrogens is 3. The summed E-state index contributed by atoms with van der Waals surface area (Å²) in [7, 11) is 1.87. The first kappa shape index (κ1) is 14.0. The number of nitrogens with one attached hydrogen (secondary N) is 1. The van der Waals surface area contributed by atoms with Crippen molar-refractivity contribution in [3.05, 3.63) is 58.0 Å². The number of nitro groups is 1. The van der Waals surface area contributed by atoms with Crippen molar-refractivity contribution in [1.29, 1.82) is 0 Å². The largest absolute Gasteiger partial charge is 0.379 e. The fraction of sp³-hybridized carbons (Fsp3) is 0.200. The standard InChI is InChI=1S/C15H15N5O2/c1-10-8-13(16-9-11-6-7-17-19(11)2)12-4-3-5-14(20(21)22)15(12)18-10/h3-8H,9H2,1-2H3,(H,16,18). The van der Waals surface area contributed by atoms with Crippen LogP contribution in [0.2, 0.25) is 0 Å². The van der Waals surface area contributed by atoms with Gasteiger partial charge in [0.2, 0.25) is 0 Å². The third-order valence-corrected chi connectivity index (χ3v) is 3.53. The van der Waals surface area contributed by atoms with Gasteiger partial charge in [0, 0.05) is 36.1 Å². The average Bonchev–Trinajstić information content (AvgIpc) is 2.89. The lowest BCUT2D eigenvalue weighted by molar-refractivity contribution is -0.383. The second-order valence-electron chi connectivity index (χ2n) is 5.04. The van der Waals surface area contributed by atoms with Gasteiger partial charge in [0.05, 0.1) is 17.2 Å². The van der Waals surface area contributed by atoms with E-state index in [4.69, 9.17) is 0 Å².